The number of aldehydes is 1. The molecule has 0 aromatic heterocycles. The summed E-state index contributed by atoms with van der Waals surface area (Å²) in [7, 11) is 0. The molecule has 0 heterocycles. The van der Waals surface area contributed by atoms with Gasteiger partial charge in [0.25, 0.3) is 5.69 Å². The van der Waals surface area contributed by atoms with Crippen LogP contribution in [0.4, 0.5) is 11.4 Å². The van der Waals surface area contributed by atoms with Crippen LogP contribution >= 0.6 is 11.8 Å². The fraction of sp³-hybridized carbons (Fsp3) is 0.300. The van der Waals surface area contributed by atoms with Gasteiger partial charge in [0.05, 0.1) is 4.92 Å². The number of rotatable bonds is 6. The molecule has 0 unspecified atom stereocenters. The molecule has 0 saturated carbocycles. The zero-order valence-electron chi connectivity index (χ0n) is 8.80. The lowest BCUT2D eigenvalue weighted by molar-refractivity contribution is -0.384. The number of thioether (sulfide) groups is 1. The smallest absolute Gasteiger partial charge is 0.293 e. The molecular formula is C10H12N2O3S. The number of nitro groups is 1. The van der Waals surface area contributed by atoms with Crippen molar-refractivity contribution in [1.82, 2.24) is 0 Å². The van der Waals surface area contributed by atoms with Crippen LogP contribution in [0.1, 0.15) is 10.4 Å². The Morgan fingerprint density at radius 2 is 2.31 bits per heavy atom. The number of nitrogens with one attached hydrogen (secondary N) is 1. The molecule has 1 rings (SSSR count). The molecule has 0 aliphatic rings. The van der Waals surface area contributed by atoms with E-state index in [9.17, 15) is 14.9 Å². The molecule has 0 fully saturated rings. The van der Waals surface area contributed by atoms with E-state index in [1.807, 2.05) is 6.26 Å². The molecule has 86 valence electrons. The predicted octanol–water partition coefficient (Wildman–Crippen LogP) is 2.18. The Hall–Kier alpha value is -1.56. The summed E-state index contributed by atoms with van der Waals surface area (Å²) in [5.74, 6) is 0.868. The third-order valence-electron chi connectivity index (χ3n) is 1.98. The van der Waals surface area contributed by atoms with Crippen LogP contribution in [0.3, 0.4) is 0 Å². The van der Waals surface area contributed by atoms with Gasteiger partial charge in [-0.25, -0.2) is 0 Å². The van der Waals surface area contributed by atoms with Crippen molar-refractivity contribution in [2.75, 3.05) is 23.9 Å². The Bertz CT molecular complexity index is 396. The lowest BCUT2D eigenvalue weighted by atomic mass is 10.2. The number of hydrogen-bond acceptors (Lipinski definition) is 5. The van der Waals surface area contributed by atoms with E-state index < -0.39 is 4.92 Å². The van der Waals surface area contributed by atoms with Crippen LogP contribution in [0.15, 0.2) is 18.2 Å². The van der Waals surface area contributed by atoms with Crippen LogP contribution in [0.5, 0.6) is 0 Å². The van der Waals surface area contributed by atoms with Crippen LogP contribution in [0, 0.1) is 10.1 Å². The Balaban J connectivity index is 2.89. The largest absolute Gasteiger partial charge is 0.379 e. The van der Waals surface area contributed by atoms with E-state index in [0.29, 0.717) is 24.1 Å². The van der Waals surface area contributed by atoms with Gasteiger partial charge in [0.2, 0.25) is 0 Å². The van der Waals surface area contributed by atoms with Gasteiger partial charge < -0.3 is 5.32 Å². The first kappa shape index (κ1) is 12.5. The maximum absolute atomic E-state index is 10.8. The summed E-state index contributed by atoms with van der Waals surface area (Å²) in [6.45, 7) is 0.655. The second-order valence-corrected chi connectivity index (χ2v) is 4.06. The second-order valence-electron chi connectivity index (χ2n) is 3.07. The first-order valence-electron chi connectivity index (χ1n) is 4.65. The standard InChI is InChI=1S/C10H12N2O3S/c1-16-5-4-11-9-3-2-8(7-13)6-10(9)12(14)15/h2-3,6-7,11H,4-5H2,1H3. The number of carbonyl (C=O) groups is 1. The van der Waals surface area contributed by atoms with E-state index in [2.05, 4.69) is 5.32 Å². The highest BCUT2D eigenvalue weighted by Crippen LogP contribution is 2.24. The summed E-state index contributed by atoms with van der Waals surface area (Å²) in [4.78, 5) is 20.8. The minimum Gasteiger partial charge on any atom is -0.379 e. The molecule has 16 heavy (non-hydrogen) atoms. The zero-order chi connectivity index (χ0) is 12.0. The third-order valence-corrected chi connectivity index (χ3v) is 2.59. The first-order valence-corrected chi connectivity index (χ1v) is 6.05. The van der Waals surface area contributed by atoms with Crippen molar-refractivity contribution in [3.05, 3.63) is 33.9 Å². The molecule has 1 aromatic rings. The molecule has 1 aromatic carbocycles. The summed E-state index contributed by atoms with van der Waals surface area (Å²) in [5.41, 5.74) is 0.692. The molecule has 5 nitrogen and oxygen atoms in total. The molecule has 6 heteroatoms. The van der Waals surface area contributed by atoms with E-state index in [1.165, 1.54) is 6.07 Å². The molecule has 0 spiro atoms. The van der Waals surface area contributed by atoms with Gasteiger partial charge in [-0.3, -0.25) is 14.9 Å². The zero-order valence-corrected chi connectivity index (χ0v) is 9.62. The number of nitro benzene ring substituents is 1. The van der Waals surface area contributed by atoms with Crippen molar-refractivity contribution in [3.63, 3.8) is 0 Å². The van der Waals surface area contributed by atoms with Gasteiger partial charge in [-0.15, -0.1) is 0 Å². The van der Waals surface area contributed by atoms with E-state index in [1.54, 1.807) is 23.9 Å². The molecule has 0 atom stereocenters. The van der Waals surface area contributed by atoms with Crippen LogP contribution in [0.2, 0.25) is 0 Å². The third kappa shape index (κ3) is 3.23. The minimum absolute atomic E-state index is 0.0642. The fourth-order valence-electron chi connectivity index (χ4n) is 1.21. The van der Waals surface area contributed by atoms with E-state index in [-0.39, 0.29) is 5.69 Å². The topological polar surface area (TPSA) is 72.2 Å². The number of anilines is 1. The van der Waals surface area contributed by atoms with Crippen LogP contribution in [-0.2, 0) is 0 Å². The predicted molar refractivity (Wildman–Crippen MR) is 65.4 cm³/mol. The van der Waals surface area contributed by atoms with Gasteiger partial charge in [0.15, 0.2) is 0 Å². The molecule has 0 bridgehead atoms. The Kier molecular flexibility index (Phi) is 4.78. The maximum Gasteiger partial charge on any atom is 0.293 e. The first-order chi connectivity index (χ1) is 7.69. The van der Waals surface area contributed by atoms with E-state index in [0.717, 1.165) is 5.75 Å². The summed E-state index contributed by atoms with van der Waals surface area (Å²) in [6, 6.07) is 4.39. The average Bonchev–Trinajstić information content (AvgIpc) is 2.29. The van der Waals surface area contributed by atoms with Crippen molar-refractivity contribution in [2.45, 2.75) is 0 Å². The van der Waals surface area contributed by atoms with E-state index in [4.69, 9.17) is 0 Å². The highest BCUT2D eigenvalue weighted by Gasteiger charge is 2.13. The average molecular weight is 240 g/mol. The highest BCUT2D eigenvalue weighted by molar-refractivity contribution is 7.98. The normalized spacial score (nSPS) is 9.81. The number of benzene rings is 1. The number of nitrogens with zero attached hydrogens (tertiary/aromatic N) is 1. The van der Waals surface area contributed by atoms with Crippen molar-refractivity contribution < 1.29 is 9.72 Å². The summed E-state index contributed by atoms with van der Waals surface area (Å²) in [6.07, 6.45) is 2.56. The van der Waals surface area contributed by atoms with Crippen molar-refractivity contribution in [1.29, 1.82) is 0 Å². The molecule has 0 aliphatic carbocycles. The van der Waals surface area contributed by atoms with Gasteiger partial charge in [-0.05, 0) is 18.4 Å². The van der Waals surface area contributed by atoms with Crippen LogP contribution in [0.25, 0.3) is 0 Å². The molecule has 0 amide bonds. The molecule has 0 radical (unpaired) electrons. The fourth-order valence-corrected chi connectivity index (χ4v) is 1.52. The second kappa shape index (κ2) is 6.12. The summed E-state index contributed by atoms with van der Waals surface area (Å²) in [5, 5.41) is 13.7. The lowest BCUT2D eigenvalue weighted by Crippen LogP contribution is -2.06. The monoisotopic (exact) mass is 240 g/mol. The Morgan fingerprint density at radius 1 is 1.56 bits per heavy atom. The summed E-state index contributed by atoms with van der Waals surface area (Å²) >= 11 is 1.65. The van der Waals surface area contributed by atoms with Gasteiger partial charge in [-0.2, -0.15) is 11.8 Å². The van der Waals surface area contributed by atoms with Crippen molar-refractivity contribution in [3.8, 4) is 0 Å². The summed E-state index contributed by atoms with van der Waals surface area (Å²) < 4.78 is 0. The van der Waals surface area contributed by atoms with Crippen LogP contribution < -0.4 is 5.32 Å². The molecule has 1 N–H and O–H groups in total. The minimum atomic E-state index is -0.492. The molecule has 0 saturated heterocycles. The van der Waals surface area contributed by atoms with Gasteiger partial charge in [-0.1, -0.05) is 0 Å². The van der Waals surface area contributed by atoms with Gasteiger partial charge in [0.1, 0.15) is 12.0 Å². The maximum atomic E-state index is 10.8. The number of carbonyl (C=O) groups excluding carboxylic acids is 1. The lowest BCUT2D eigenvalue weighted by Gasteiger charge is -2.06. The highest BCUT2D eigenvalue weighted by atomic mass is 32.2. The van der Waals surface area contributed by atoms with E-state index >= 15 is 0 Å². The van der Waals surface area contributed by atoms with Gasteiger partial charge in [0, 0.05) is 23.9 Å². The molecular weight excluding hydrogens is 228 g/mol. The molecule has 0 aliphatic heterocycles. The Morgan fingerprint density at radius 3 is 2.88 bits per heavy atom. The van der Waals surface area contributed by atoms with Crippen molar-refractivity contribution >= 4 is 29.4 Å². The Labute approximate surface area is 97.4 Å². The van der Waals surface area contributed by atoms with Crippen molar-refractivity contribution in [2.24, 2.45) is 0 Å². The number of hydrogen-bond donors (Lipinski definition) is 1. The van der Waals surface area contributed by atoms with Gasteiger partial charge >= 0.3 is 0 Å². The quantitative estimate of drug-likeness (QED) is 0.357. The SMILES string of the molecule is CSCCNc1ccc(C=O)cc1[N+](=O)[O-]. The van der Waals surface area contributed by atoms with Crippen LogP contribution in [-0.4, -0.2) is 29.8 Å².